The van der Waals surface area contributed by atoms with E-state index in [1.807, 2.05) is 0 Å². The van der Waals surface area contributed by atoms with E-state index in [9.17, 15) is 9.59 Å². The molecule has 1 amide bonds. The summed E-state index contributed by atoms with van der Waals surface area (Å²) in [6.45, 7) is 5.79. The molecule has 0 spiro atoms. The summed E-state index contributed by atoms with van der Waals surface area (Å²) in [6, 6.07) is 3.16. The molecule has 8 nitrogen and oxygen atoms in total. The highest BCUT2D eigenvalue weighted by atomic mass is 16.2. The van der Waals surface area contributed by atoms with Crippen LogP contribution >= 0.6 is 0 Å². The van der Waals surface area contributed by atoms with Crippen molar-refractivity contribution in [2.75, 3.05) is 23.3 Å². The maximum atomic E-state index is 12.2. The first-order valence-electron chi connectivity index (χ1n) is 8.41. The van der Waals surface area contributed by atoms with E-state index in [4.69, 9.17) is 0 Å². The highest BCUT2D eigenvalue weighted by Crippen LogP contribution is 2.22. The molecule has 1 N–H and O–H groups in total. The number of piperidine rings is 1. The highest BCUT2D eigenvalue weighted by Gasteiger charge is 2.17. The maximum Gasteiger partial charge on any atom is 0.253 e. The van der Waals surface area contributed by atoms with Gasteiger partial charge in [0.25, 0.3) is 5.56 Å². The third-order valence-corrected chi connectivity index (χ3v) is 4.36. The van der Waals surface area contributed by atoms with E-state index in [2.05, 4.69) is 32.1 Å². The summed E-state index contributed by atoms with van der Waals surface area (Å²) in [4.78, 5) is 38.6. The molecule has 2 aromatic rings. The van der Waals surface area contributed by atoms with E-state index in [0.29, 0.717) is 11.5 Å². The number of amides is 1. The van der Waals surface area contributed by atoms with Crippen LogP contribution in [0, 0.1) is 12.8 Å². The highest BCUT2D eigenvalue weighted by molar-refractivity contribution is 5.89. The molecule has 2 aromatic heterocycles. The number of nitrogens with zero attached hydrogens (tertiary/aromatic N) is 5. The molecule has 0 saturated carbocycles. The minimum absolute atomic E-state index is 0.104. The quantitative estimate of drug-likeness (QED) is 0.898. The molecule has 3 heterocycles. The lowest BCUT2D eigenvalue weighted by Crippen LogP contribution is -2.33. The van der Waals surface area contributed by atoms with Crippen molar-refractivity contribution in [3.05, 3.63) is 40.8 Å². The van der Waals surface area contributed by atoms with E-state index in [0.717, 1.165) is 37.7 Å². The maximum absolute atomic E-state index is 12.2. The molecule has 8 heteroatoms. The first-order valence-corrected chi connectivity index (χ1v) is 8.41. The lowest BCUT2D eigenvalue weighted by atomic mass is 9.99. The lowest BCUT2D eigenvalue weighted by Gasteiger charge is -2.31. The molecule has 0 radical (unpaired) electrons. The smallest absolute Gasteiger partial charge is 0.253 e. The van der Waals surface area contributed by atoms with Crippen molar-refractivity contribution in [2.45, 2.75) is 33.2 Å². The van der Waals surface area contributed by atoms with Gasteiger partial charge >= 0.3 is 0 Å². The molecule has 1 saturated heterocycles. The Hall–Kier alpha value is -2.77. The van der Waals surface area contributed by atoms with E-state index in [1.54, 1.807) is 13.0 Å². The number of aromatic nitrogens is 4. The summed E-state index contributed by atoms with van der Waals surface area (Å²) >= 11 is 0. The number of aryl methyl sites for hydroxylation is 1. The summed E-state index contributed by atoms with van der Waals surface area (Å²) in [7, 11) is 0. The Labute approximate surface area is 145 Å². The molecule has 0 aliphatic carbocycles. The zero-order valence-electron chi connectivity index (χ0n) is 14.5. The lowest BCUT2D eigenvalue weighted by molar-refractivity contribution is -0.116. The predicted molar refractivity (Wildman–Crippen MR) is 94.5 cm³/mol. The average Bonchev–Trinajstić information content (AvgIpc) is 2.58. The molecular formula is C17H22N6O2. The molecule has 0 aromatic carbocycles. The van der Waals surface area contributed by atoms with Crippen molar-refractivity contribution in [3.8, 4) is 0 Å². The van der Waals surface area contributed by atoms with Crippen molar-refractivity contribution >= 4 is 17.5 Å². The van der Waals surface area contributed by atoms with Crippen molar-refractivity contribution in [1.82, 2.24) is 19.5 Å². The molecule has 1 aliphatic rings. The Kier molecular flexibility index (Phi) is 5.06. The van der Waals surface area contributed by atoms with Gasteiger partial charge in [0.1, 0.15) is 24.5 Å². The topological polar surface area (TPSA) is 93.0 Å². The second-order valence-corrected chi connectivity index (χ2v) is 6.48. The van der Waals surface area contributed by atoms with Crippen LogP contribution in [0.5, 0.6) is 0 Å². The van der Waals surface area contributed by atoms with Crippen LogP contribution in [0.25, 0.3) is 0 Å². The van der Waals surface area contributed by atoms with E-state index < -0.39 is 0 Å². The molecule has 1 fully saturated rings. The van der Waals surface area contributed by atoms with Crippen LogP contribution in [0.1, 0.15) is 25.5 Å². The number of carbonyl (C=O) groups excluding carboxylic acids is 1. The minimum atomic E-state index is -0.329. The zero-order chi connectivity index (χ0) is 17.8. The van der Waals surface area contributed by atoms with Gasteiger partial charge in [-0.05, 0) is 25.7 Å². The summed E-state index contributed by atoms with van der Waals surface area (Å²) in [5.74, 6) is 1.65. The normalized spacial score (nSPS) is 15.2. The van der Waals surface area contributed by atoms with Gasteiger partial charge in [-0.25, -0.2) is 15.0 Å². The van der Waals surface area contributed by atoms with Crippen LogP contribution in [-0.4, -0.2) is 38.5 Å². The fraction of sp³-hybridized carbons (Fsp3) is 0.471. The molecule has 1 aliphatic heterocycles. The molecule has 0 bridgehead atoms. The molecule has 0 unspecified atom stereocenters. The SMILES string of the molecule is Cc1cc(=O)n(CC(=O)Nc2cc(N3CCC(C)CC3)ncn2)cn1. The fourth-order valence-corrected chi connectivity index (χ4v) is 2.80. The summed E-state index contributed by atoms with van der Waals surface area (Å²) < 4.78 is 1.26. The number of hydrogen-bond acceptors (Lipinski definition) is 6. The molecule has 132 valence electrons. The molecule has 25 heavy (non-hydrogen) atoms. The minimum Gasteiger partial charge on any atom is -0.356 e. The second kappa shape index (κ2) is 7.42. The monoisotopic (exact) mass is 342 g/mol. The van der Waals surface area contributed by atoms with Crippen LogP contribution in [0.4, 0.5) is 11.6 Å². The Morgan fingerprint density at radius 3 is 2.72 bits per heavy atom. The first kappa shape index (κ1) is 17.1. The van der Waals surface area contributed by atoms with Gasteiger partial charge in [-0.1, -0.05) is 6.92 Å². The Morgan fingerprint density at radius 2 is 2.00 bits per heavy atom. The number of rotatable bonds is 4. The van der Waals surface area contributed by atoms with Crippen molar-refractivity contribution < 1.29 is 4.79 Å². The van der Waals surface area contributed by atoms with E-state index in [-0.39, 0.29) is 18.0 Å². The van der Waals surface area contributed by atoms with Gasteiger partial charge in [-0.15, -0.1) is 0 Å². The number of nitrogens with one attached hydrogen (secondary N) is 1. The van der Waals surface area contributed by atoms with Crippen LogP contribution in [0.15, 0.2) is 29.6 Å². The van der Waals surface area contributed by atoms with Crippen molar-refractivity contribution in [3.63, 3.8) is 0 Å². The molecule has 3 rings (SSSR count). The Bertz CT molecular complexity index is 811. The van der Waals surface area contributed by atoms with Gasteiger partial charge in [0, 0.05) is 30.9 Å². The van der Waals surface area contributed by atoms with Crippen LogP contribution < -0.4 is 15.8 Å². The zero-order valence-corrected chi connectivity index (χ0v) is 14.5. The average molecular weight is 342 g/mol. The number of carbonyl (C=O) groups is 1. The Morgan fingerprint density at radius 1 is 1.24 bits per heavy atom. The van der Waals surface area contributed by atoms with Crippen LogP contribution in [0.3, 0.4) is 0 Å². The largest absolute Gasteiger partial charge is 0.356 e. The standard InChI is InChI=1S/C17H22N6O2/c1-12-3-5-22(6-4-12)15-8-14(18-10-19-15)21-16(24)9-23-11-20-13(2)7-17(23)25/h7-8,10-12H,3-6,9H2,1-2H3,(H,18,19,21,24). The van der Waals surface area contributed by atoms with Crippen molar-refractivity contribution in [2.24, 2.45) is 5.92 Å². The van der Waals surface area contributed by atoms with E-state index >= 15 is 0 Å². The van der Waals surface area contributed by atoms with Gasteiger partial charge in [-0.3, -0.25) is 14.2 Å². The van der Waals surface area contributed by atoms with Crippen LogP contribution in [-0.2, 0) is 11.3 Å². The summed E-state index contributed by atoms with van der Waals surface area (Å²) in [5.41, 5.74) is 0.367. The third kappa shape index (κ3) is 4.40. The van der Waals surface area contributed by atoms with Gasteiger partial charge in [0.2, 0.25) is 5.91 Å². The molecular weight excluding hydrogens is 320 g/mol. The number of hydrogen-bond donors (Lipinski definition) is 1. The van der Waals surface area contributed by atoms with Gasteiger partial charge in [0.15, 0.2) is 0 Å². The third-order valence-electron chi connectivity index (χ3n) is 4.36. The number of anilines is 2. The first-order chi connectivity index (χ1) is 12.0. The Balaban J connectivity index is 1.65. The van der Waals surface area contributed by atoms with Crippen molar-refractivity contribution in [1.29, 1.82) is 0 Å². The predicted octanol–water partition coefficient (Wildman–Crippen LogP) is 1.22. The van der Waals surface area contributed by atoms with Gasteiger partial charge in [0.05, 0.1) is 6.33 Å². The van der Waals surface area contributed by atoms with Gasteiger partial charge in [-0.2, -0.15) is 0 Å². The molecule has 0 atom stereocenters. The summed E-state index contributed by atoms with van der Waals surface area (Å²) in [6.07, 6.45) is 5.09. The van der Waals surface area contributed by atoms with E-state index in [1.165, 1.54) is 23.3 Å². The van der Waals surface area contributed by atoms with Crippen LogP contribution in [0.2, 0.25) is 0 Å². The van der Waals surface area contributed by atoms with Gasteiger partial charge < -0.3 is 10.2 Å². The second-order valence-electron chi connectivity index (χ2n) is 6.48. The summed E-state index contributed by atoms with van der Waals surface area (Å²) in [5, 5.41) is 2.72. The fourth-order valence-electron chi connectivity index (χ4n) is 2.80.